The van der Waals surface area contributed by atoms with E-state index in [9.17, 15) is 0 Å². The molecule has 1 radical (unpaired) electrons. The van der Waals surface area contributed by atoms with Crippen LogP contribution in [0.1, 0.15) is 13.8 Å². The molecule has 0 heterocycles. The van der Waals surface area contributed by atoms with Crippen LogP contribution in [0.2, 0.25) is 0 Å². The van der Waals surface area contributed by atoms with Crippen molar-refractivity contribution in [2.75, 3.05) is 6.61 Å². The number of aldehydes is 1. The van der Waals surface area contributed by atoms with Gasteiger partial charge in [-0.1, -0.05) is 0 Å². The van der Waals surface area contributed by atoms with E-state index in [-0.39, 0.29) is 6.61 Å². The van der Waals surface area contributed by atoms with Crippen LogP contribution in [-0.4, -0.2) is 12.9 Å². The molecule has 0 N–H and O–H groups in total. The zero-order chi connectivity index (χ0) is 5.41. The molecular formula is C4H9O2. The summed E-state index contributed by atoms with van der Waals surface area (Å²) in [5, 5.41) is 8.93. The molecule has 2 heteroatoms. The summed E-state index contributed by atoms with van der Waals surface area (Å²) >= 11 is 0. The van der Waals surface area contributed by atoms with E-state index in [1.807, 2.05) is 0 Å². The Labute approximate surface area is 37.8 Å². The largest absolute Gasteiger partial charge is 0.304 e. The van der Waals surface area contributed by atoms with E-state index >= 15 is 0 Å². The molecule has 0 aromatic carbocycles. The van der Waals surface area contributed by atoms with Gasteiger partial charge in [0.2, 0.25) is 0 Å². The van der Waals surface area contributed by atoms with E-state index in [4.69, 9.17) is 9.90 Å². The fourth-order valence-corrected chi connectivity index (χ4v) is 0. The van der Waals surface area contributed by atoms with Gasteiger partial charge in [0.15, 0.2) is 0 Å². The first-order valence-corrected chi connectivity index (χ1v) is 1.81. The van der Waals surface area contributed by atoms with Gasteiger partial charge in [0.1, 0.15) is 6.29 Å². The maximum Gasteiger partial charge on any atom is 0.116 e. The van der Waals surface area contributed by atoms with Gasteiger partial charge in [0.25, 0.3) is 0 Å². The highest BCUT2D eigenvalue weighted by molar-refractivity contribution is 5.44. The highest BCUT2D eigenvalue weighted by atomic mass is 16.2. The first-order chi connectivity index (χ1) is 2.83. The number of hydrogen-bond donors (Lipinski definition) is 0. The summed E-state index contributed by atoms with van der Waals surface area (Å²) in [5.74, 6) is 0. The summed E-state index contributed by atoms with van der Waals surface area (Å²) in [6, 6.07) is 0. The van der Waals surface area contributed by atoms with E-state index in [0.717, 1.165) is 6.29 Å². The lowest BCUT2D eigenvalue weighted by atomic mass is 10.9. The Morgan fingerprint density at radius 1 is 1.67 bits per heavy atom. The number of carbonyl (C=O) groups is 1. The summed E-state index contributed by atoms with van der Waals surface area (Å²) < 4.78 is 0. The van der Waals surface area contributed by atoms with Gasteiger partial charge in [-0.25, -0.2) is 5.11 Å². The molecule has 37 valence electrons. The predicted molar refractivity (Wildman–Crippen MR) is 23.0 cm³/mol. The zero-order valence-corrected chi connectivity index (χ0v) is 4.10. The van der Waals surface area contributed by atoms with E-state index in [0.29, 0.717) is 0 Å². The lowest BCUT2D eigenvalue weighted by Crippen LogP contribution is -1.52. The second kappa shape index (κ2) is 23.0. The molecule has 0 fully saturated rings. The third-order valence-corrected chi connectivity index (χ3v) is 0. The van der Waals surface area contributed by atoms with Crippen molar-refractivity contribution in [3.8, 4) is 0 Å². The third-order valence-electron chi connectivity index (χ3n) is 0. The minimum atomic E-state index is 0. The van der Waals surface area contributed by atoms with Crippen molar-refractivity contribution >= 4 is 6.29 Å². The fourth-order valence-electron chi connectivity index (χ4n) is 0. The highest BCUT2D eigenvalue weighted by Crippen LogP contribution is 1.33. The summed E-state index contributed by atoms with van der Waals surface area (Å²) in [6.07, 6.45) is 0.750. The van der Waals surface area contributed by atoms with Crippen LogP contribution >= 0.6 is 0 Å². The maximum atomic E-state index is 8.93. The molecule has 2 nitrogen and oxygen atoms in total. The first-order valence-electron chi connectivity index (χ1n) is 1.81. The standard InChI is InChI=1S/C2H5O.C2H4O/c2*1-2-3/h2H2,1H3;2H,1H3. The Balaban J connectivity index is 0. The number of rotatable bonds is 0. The topological polar surface area (TPSA) is 37.0 Å². The summed E-state index contributed by atoms with van der Waals surface area (Å²) in [5.41, 5.74) is 0. The molecule has 0 aliphatic carbocycles. The Kier molecular flexibility index (Phi) is 35.1. The summed E-state index contributed by atoms with van der Waals surface area (Å²) in [4.78, 5) is 8.81. The molecule has 0 aliphatic rings. The van der Waals surface area contributed by atoms with Gasteiger partial charge in [-0.3, -0.25) is 0 Å². The predicted octanol–water partition coefficient (Wildman–Crippen LogP) is 0.642. The van der Waals surface area contributed by atoms with Crippen LogP contribution in [0.5, 0.6) is 0 Å². The van der Waals surface area contributed by atoms with Gasteiger partial charge in [-0.2, -0.15) is 0 Å². The van der Waals surface area contributed by atoms with Gasteiger partial charge in [-0.15, -0.1) is 0 Å². The van der Waals surface area contributed by atoms with Crippen molar-refractivity contribution in [2.24, 2.45) is 0 Å². The third kappa shape index (κ3) is 183. The van der Waals surface area contributed by atoms with Crippen molar-refractivity contribution in [3.05, 3.63) is 0 Å². The van der Waals surface area contributed by atoms with Gasteiger partial charge in [0.05, 0.1) is 6.61 Å². The molecule has 0 saturated heterocycles. The van der Waals surface area contributed by atoms with E-state index in [1.165, 1.54) is 6.92 Å². The number of carbonyl (C=O) groups excluding carboxylic acids is 1. The molecule has 0 saturated carbocycles. The van der Waals surface area contributed by atoms with Crippen molar-refractivity contribution in [2.45, 2.75) is 13.8 Å². The van der Waals surface area contributed by atoms with Gasteiger partial charge < -0.3 is 4.79 Å². The molecule has 0 atom stereocenters. The monoisotopic (exact) mass is 89.1 g/mol. The van der Waals surface area contributed by atoms with Crippen LogP contribution in [0.25, 0.3) is 0 Å². The Hall–Kier alpha value is -0.370. The molecule has 0 amide bonds. The smallest absolute Gasteiger partial charge is 0.116 e. The molecule has 0 unspecified atom stereocenters. The van der Waals surface area contributed by atoms with Crippen LogP contribution in [-0.2, 0) is 9.90 Å². The zero-order valence-electron chi connectivity index (χ0n) is 4.10. The van der Waals surface area contributed by atoms with Crippen molar-refractivity contribution in [3.63, 3.8) is 0 Å². The van der Waals surface area contributed by atoms with Crippen LogP contribution < -0.4 is 0 Å². The van der Waals surface area contributed by atoms with Gasteiger partial charge in [0, 0.05) is 0 Å². The quantitative estimate of drug-likeness (QED) is 0.401. The maximum absolute atomic E-state index is 8.93. The van der Waals surface area contributed by atoms with Crippen LogP contribution in [0.15, 0.2) is 0 Å². The molecule has 0 bridgehead atoms. The van der Waals surface area contributed by atoms with Crippen molar-refractivity contribution in [1.29, 1.82) is 0 Å². The van der Waals surface area contributed by atoms with E-state index < -0.39 is 0 Å². The lowest BCUT2D eigenvalue weighted by molar-refractivity contribution is -0.106. The molecule has 0 aromatic heterocycles. The minimum Gasteiger partial charge on any atom is -0.304 e. The molecule has 6 heavy (non-hydrogen) atoms. The normalized spacial score (nSPS) is 5.17. The Morgan fingerprint density at radius 2 is 1.67 bits per heavy atom. The molecule has 0 spiro atoms. The molecule has 0 aliphatic heterocycles. The summed E-state index contributed by atoms with van der Waals surface area (Å²) in [6.45, 7) is 3.01. The van der Waals surface area contributed by atoms with Crippen LogP contribution in [0, 0.1) is 0 Å². The van der Waals surface area contributed by atoms with Gasteiger partial charge >= 0.3 is 0 Å². The van der Waals surface area contributed by atoms with Crippen molar-refractivity contribution in [1.82, 2.24) is 0 Å². The van der Waals surface area contributed by atoms with Crippen LogP contribution in [0.3, 0.4) is 0 Å². The average molecular weight is 89.1 g/mol. The van der Waals surface area contributed by atoms with Crippen LogP contribution in [0.4, 0.5) is 0 Å². The van der Waals surface area contributed by atoms with Gasteiger partial charge in [-0.05, 0) is 13.8 Å². The molecule has 0 rings (SSSR count). The molecule has 0 aromatic rings. The second-order valence-corrected chi connectivity index (χ2v) is 0.524. The summed E-state index contributed by atoms with van der Waals surface area (Å²) in [7, 11) is 0. The van der Waals surface area contributed by atoms with E-state index in [2.05, 4.69) is 0 Å². The fraction of sp³-hybridized carbons (Fsp3) is 0.750. The van der Waals surface area contributed by atoms with Crippen molar-refractivity contribution < 1.29 is 9.90 Å². The van der Waals surface area contributed by atoms with E-state index in [1.54, 1.807) is 6.92 Å². The Bertz CT molecular complexity index is 19.5. The Morgan fingerprint density at radius 3 is 1.67 bits per heavy atom. The minimum absolute atomic E-state index is 0. The highest BCUT2D eigenvalue weighted by Gasteiger charge is 1.39. The first kappa shape index (κ1) is 9.16. The lowest BCUT2D eigenvalue weighted by Gasteiger charge is -1.45. The average Bonchev–Trinajstić information content (AvgIpc) is 1.39. The molecular weight excluding hydrogens is 80.0 g/mol. The SMILES string of the molecule is CC=O.CC[O]. The number of hydrogen-bond acceptors (Lipinski definition) is 1. The second-order valence-electron chi connectivity index (χ2n) is 0.524.